The van der Waals surface area contributed by atoms with Gasteiger partial charge in [0.1, 0.15) is 0 Å². The lowest BCUT2D eigenvalue weighted by Gasteiger charge is -2.21. The van der Waals surface area contributed by atoms with Crippen LogP contribution in [0.1, 0.15) is 57.8 Å². The third-order valence-electron chi connectivity index (χ3n) is 3.47. The summed E-state index contributed by atoms with van der Waals surface area (Å²) in [6.07, 6.45) is 1.89. The lowest BCUT2D eigenvalue weighted by atomic mass is 10.1. The summed E-state index contributed by atoms with van der Waals surface area (Å²) < 4.78 is 0. The van der Waals surface area contributed by atoms with Crippen LogP contribution in [0.25, 0.3) is 0 Å². The molecule has 1 aromatic carbocycles. The lowest BCUT2D eigenvalue weighted by molar-refractivity contribution is -0.115. The van der Waals surface area contributed by atoms with E-state index in [1.54, 1.807) is 24.3 Å². The highest BCUT2D eigenvalue weighted by molar-refractivity contribution is 5.96. The zero-order valence-corrected chi connectivity index (χ0v) is 15.6. The van der Waals surface area contributed by atoms with E-state index in [0.29, 0.717) is 11.3 Å². The van der Waals surface area contributed by atoms with Crippen LogP contribution < -0.4 is 10.6 Å². The molecule has 24 heavy (non-hydrogen) atoms. The smallest absolute Gasteiger partial charge is 0.253 e. The quantitative estimate of drug-likeness (QED) is 0.767. The Morgan fingerprint density at radius 2 is 1.54 bits per heavy atom. The summed E-state index contributed by atoms with van der Waals surface area (Å²) in [5.74, 6) is -0.0476. The van der Waals surface area contributed by atoms with Crippen molar-refractivity contribution in [2.45, 2.75) is 53.0 Å². The summed E-state index contributed by atoms with van der Waals surface area (Å²) in [7, 11) is 0. The van der Waals surface area contributed by atoms with E-state index in [1.165, 1.54) is 0 Å². The van der Waals surface area contributed by atoms with Gasteiger partial charge in [0, 0.05) is 29.9 Å². The second kappa shape index (κ2) is 9.42. The van der Waals surface area contributed by atoms with Crippen molar-refractivity contribution in [1.29, 1.82) is 0 Å². The van der Waals surface area contributed by atoms with Gasteiger partial charge in [-0.1, -0.05) is 13.8 Å². The molecular weight excluding hydrogens is 302 g/mol. The van der Waals surface area contributed by atoms with Gasteiger partial charge in [0.2, 0.25) is 5.91 Å². The van der Waals surface area contributed by atoms with Gasteiger partial charge in [-0.25, -0.2) is 0 Å². The molecule has 1 rings (SSSR count). The van der Waals surface area contributed by atoms with Crippen molar-refractivity contribution in [1.82, 2.24) is 10.2 Å². The van der Waals surface area contributed by atoms with Crippen LogP contribution in [0, 0.1) is 0 Å². The molecule has 0 aromatic heterocycles. The molecule has 0 aliphatic rings. The first-order valence-corrected chi connectivity index (χ1v) is 8.71. The van der Waals surface area contributed by atoms with E-state index < -0.39 is 0 Å². The molecule has 134 valence electrons. The maximum atomic E-state index is 12.5. The molecule has 2 amide bonds. The maximum absolute atomic E-state index is 12.5. The number of carbonyl (C=O) groups excluding carboxylic acids is 2. The van der Waals surface area contributed by atoms with Gasteiger partial charge in [0.25, 0.3) is 5.91 Å². The van der Waals surface area contributed by atoms with Gasteiger partial charge in [-0.3, -0.25) is 9.59 Å². The van der Waals surface area contributed by atoms with Crippen LogP contribution in [0.15, 0.2) is 24.3 Å². The number of nitrogens with one attached hydrogen (secondary N) is 2. The van der Waals surface area contributed by atoms with Gasteiger partial charge in [-0.05, 0) is 57.9 Å². The van der Waals surface area contributed by atoms with Crippen LogP contribution >= 0.6 is 0 Å². The number of carbonyl (C=O) groups is 2. The molecule has 0 atom stereocenters. The number of benzene rings is 1. The minimum absolute atomic E-state index is 0.0472. The molecule has 0 heterocycles. The van der Waals surface area contributed by atoms with Gasteiger partial charge >= 0.3 is 0 Å². The zero-order chi connectivity index (χ0) is 18.2. The normalized spacial score (nSPS) is 11.2. The second-order valence-electron chi connectivity index (χ2n) is 7.02. The summed E-state index contributed by atoms with van der Waals surface area (Å²) in [4.78, 5) is 26.3. The number of hydrogen-bond acceptors (Lipinski definition) is 3. The molecular formula is C19H31N3O2. The molecule has 5 heteroatoms. The zero-order valence-electron chi connectivity index (χ0n) is 15.6. The van der Waals surface area contributed by atoms with Gasteiger partial charge in [-0.2, -0.15) is 0 Å². The number of nitrogens with zero attached hydrogens (tertiary/aromatic N) is 1. The Morgan fingerprint density at radius 1 is 1.00 bits per heavy atom. The molecule has 0 unspecified atom stereocenters. The lowest BCUT2D eigenvalue weighted by Crippen LogP contribution is -2.41. The summed E-state index contributed by atoms with van der Waals surface area (Å²) in [6, 6.07) is 7.09. The molecule has 2 N–H and O–H groups in total. The van der Waals surface area contributed by atoms with Gasteiger partial charge in [0.15, 0.2) is 0 Å². The minimum atomic E-state index is -0.102. The summed E-state index contributed by atoms with van der Waals surface area (Å²) in [6.45, 7) is 12.0. The predicted octanol–water partition coefficient (Wildman–Crippen LogP) is 3.28. The topological polar surface area (TPSA) is 61.4 Å². The highest BCUT2D eigenvalue weighted by atomic mass is 16.2. The molecule has 5 nitrogen and oxygen atoms in total. The summed E-state index contributed by atoms with van der Waals surface area (Å²) in [5.41, 5.74) is 1.25. The molecule has 1 aromatic rings. The Balaban J connectivity index is 2.64. The largest absolute Gasteiger partial charge is 0.339 e. The SMILES string of the molecule is CCCN(CCC)C(=O)c1ccc(NC(=O)CNC(C)(C)C)cc1. The van der Waals surface area contributed by atoms with Crippen LogP contribution in [0.5, 0.6) is 0 Å². The van der Waals surface area contributed by atoms with E-state index in [0.717, 1.165) is 25.9 Å². The van der Waals surface area contributed by atoms with E-state index in [-0.39, 0.29) is 23.9 Å². The first kappa shape index (κ1) is 20.2. The monoisotopic (exact) mass is 333 g/mol. The van der Waals surface area contributed by atoms with Crippen molar-refractivity contribution in [3.8, 4) is 0 Å². The van der Waals surface area contributed by atoms with Crippen molar-refractivity contribution in [3.05, 3.63) is 29.8 Å². The standard InChI is InChI=1S/C19H31N3O2/c1-6-12-22(13-7-2)18(24)15-8-10-16(11-9-15)21-17(23)14-20-19(3,4)5/h8-11,20H,6-7,12-14H2,1-5H3,(H,21,23). The van der Waals surface area contributed by atoms with Crippen molar-refractivity contribution < 1.29 is 9.59 Å². The first-order chi connectivity index (χ1) is 11.3. The Morgan fingerprint density at radius 3 is 2.00 bits per heavy atom. The van der Waals surface area contributed by atoms with E-state index in [2.05, 4.69) is 24.5 Å². The van der Waals surface area contributed by atoms with Crippen molar-refractivity contribution in [3.63, 3.8) is 0 Å². The van der Waals surface area contributed by atoms with Gasteiger partial charge in [-0.15, -0.1) is 0 Å². The molecule has 0 aliphatic carbocycles. The fourth-order valence-corrected chi connectivity index (χ4v) is 2.28. The summed E-state index contributed by atoms with van der Waals surface area (Å²) in [5, 5.41) is 5.98. The predicted molar refractivity (Wildman–Crippen MR) is 99.3 cm³/mol. The van der Waals surface area contributed by atoms with Crippen LogP contribution in [0.3, 0.4) is 0 Å². The molecule has 0 fully saturated rings. The fourth-order valence-electron chi connectivity index (χ4n) is 2.28. The third-order valence-corrected chi connectivity index (χ3v) is 3.47. The Hall–Kier alpha value is -1.88. The Bertz CT molecular complexity index is 527. The van der Waals surface area contributed by atoms with E-state index >= 15 is 0 Å². The third kappa shape index (κ3) is 7.13. The van der Waals surface area contributed by atoms with E-state index in [9.17, 15) is 9.59 Å². The van der Waals surface area contributed by atoms with Crippen LogP contribution in [-0.2, 0) is 4.79 Å². The second-order valence-corrected chi connectivity index (χ2v) is 7.02. The number of hydrogen-bond donors (Lipinski definition) is 2. The molecule has 0 saturated carbocycles. The fraction of sp³-hybridized carbons (Fsp3) is 0.579. The van der Waals surface area contributed by atoms with Gasteiger partial charge < -0.3 is 15.5 Å². The average Bonchev–Trinajstić information content (AvgIpc) is 2.52. The molecule has 0 aliphatic heterocycles. The van der Waals surface area contributed by atoms with Gasteiger partial charge in [0.05, 0.1) is 6.54 Å². The van der Waals surface area contributed by atoms with Crippen LogP contribution in [-0.4, -0.2) is 41.9 Å². The average molecular weight is 333 g/mol. The first-order valence-electron chi connectivity index (χ1n) is 8.71. The highest BCUT2D eigenvalue weighted by Crippen LogP contribution is 2.12. The van der Waals surface area contributed by atoms with E-state index in [4.69, 9.17) is 0 Å². The number of rotatable bonds is 8. The van der Waals surface area contributed by atoms with Crippen LogP contribution in [0.4, 0.5) is 5.69 Å². The number of anilines is 1. The van der Waals surface area contributed by atoms with Crippen molar-refractivity contribution in [2.75, 3.05) is 25.0 Å². The van der Waals surface area contributed by atoms with Crippen molar-refractivity contribution in [2.24, 2.45) is 0 Å². The highest BCUT2D eigenvalue weighted by Gasteiger charge is 2.15. The molecule has 0 bridgehead atoms. The minimum Gasteiger partial charge on any atom is -0.339 e. The molecule has 0 saturated heterocycles. The van der Waals surface area contributed by atoms with Crippen LogP contribution in [0.2, 0.25) is 0 Å². The van der Waals surface area contributed by atoms with Crippen molar-refractivity contribution >= 4 is 17.5 Å². The Kier molecular flexibility index (Phi) is 7.92. The number of amides is 2. The molecule has 0 spiro atoms. The van der Waals surface area contributed by atoms with E-state index in [1.807, 2.05) is 25.7 Å². The molecule has 0 radical (unpaired) electrons. The maximum Gasteiger partial charge on any atom is 0.253 e. The summed E-state index contributed by atoms with van der Waals surface area (Å²) >= 11 is 0. The Labute approximate surface area is 145 Å².